The first kappa shape index (κ1) is 25.7. The van der Waals surface area contributed by atoms with Crippen LogP contribution in [-0.4, -0.2) is 58.5 Å². The highest BCUT2D eigenvalue weighted by atomic mass is 19.1. The number of anilines is 3. The largest absolute Gasteiger partial charge is 0.476 e. The number of pyridine rings is 2. The molecule has 3 aromatic rings. The minimum Gasteiger partial charge on any atom is -0.476 e. The molecule has 2 amide bonds. The fourth-order valence-electron chi connectivity index (χ4n) is 4.99. The number of hydrogen-bond acceptors (Lipinski definition) is 8. The van der Waals surface area contributed by atoms with Gasteiger partial charge in [0.15, 0.2) is 11.6 Å². The molecule has 1 aromatic carbocycles. The number of rotatable bonds is 9. The number of hydrogen-bond donors (Lipinski definition) is 4. The van der Waals surface area contributed by atoms with Gasteiger partial charge in [0.25, 0.3) is 5.91 Å². The van der Waals surface area contributed by atoms with Crippen LogP contribution in [0.5, 0.6) is 5.88 Å². The van der Waals surface area contributed by atoms with Gasteiger partial charge in [0.2, 0.25) is 11.8 Å². The predicted octanol–water partition coefficient (Wildman–Crippen LogP) is 3.29. The van der Waals surface area contributed by atoms with Gasteiger partial charge in [-0.25, -0.2) is 14.4 Å². The van der Waals surface area contributed by atoms with E-state index in [1.807, 2.05) is 18.2 Å². The van der Waals surface area contributed by atoms with Crippen molar-refractivity contribution in [1.29, 1.82) is 0 Å². The number of aromatic nitrogens is 2. The molecule has 0 radical (unpaired) electrons. The van der Waals surface area contributed by atoms with Crippen molar-refractivity contribution in [3.05, 3.63) is 47.8 Å². The van der Waals surface area contributed by atoms with Crippen LogP contribution in [0, 0.1) is 5.82 Å². The standard InChI is InChI=1S/C27H32FN7O3/c28-19-15-18(25(30)37)26(34-27(19)33-22-5-2-1-4-20(22)29)31-17-8-9-21-16(14-17)7-10-23(32-21)38-13-12-35-11-3-6-24(35)36/h7-10,14-15,20,22H,1-6,11-13,29H2,(H2,30,37)(H2,31,33,34)/t20-,22+/m0/s1. The highest BCUT2D eigenvalue weighted by molar-refractivity contribution is 5.99. The molecule has 2 aliphatic rings. The van der Waals surface area contributed by atoms with Gasteiger partial charge in [0.1, 0.15) is 12.4 Å². The molecule has 1 aliphatic heterocycles. The summed E-state index contributed by atoms with van der Waals surface area (Å²) in [5.41, 5.74) is 13.0. The summed E-state index contributed by atoms with van der Waals surface area (Å²) in [4.78, 5) is 34.5. The topological polar surface area (TPSA) is 148 Å². The van der Waals surface area contributed by atoms with Gasteiger partial charge in [0.05, 0.1) is 17.6 Å². The van der Waals surface area contributed by atoms with Gasteiger partial charge in [-0.3, -0.25) is 9.59 Å². The summed E-state index contributed by atoms with van der Waals surface area (Å²) in [7, 11) is 0. The maximum atomic E-state index is 14.8. The van der Waals surface area contributed by atoms with Crippen LogP contribution < -0.4 is 26.8 Å². The second kappa shape index (κ2) is 11.2. The summed E-state index contributed by atoms with van der Waals surface area (Å²) in [6, 6.07) is 9.96. The van der Waals surface area contributed by atoms with Crippen molar-refractivity contribution in [3.8, 4) is 5.88 Å². The average Bonchev–Trinajstić information content (AvgIpc) is 3.31. The van der Waals surface area contributed by atoms with Crippen LogP contribution in [0.4, 0.5) is 21.7 Å². The van der Waals surface area contributed by atoms with Gasteiger partial charge in [-0.1, -0.05) is 12.8 Å². The van der Waals surface area contributed by atoms with Crippen LogP contribution >= 0.6 is 0 Å². The van der Waals surface area contributed by atoms with E-state index in [1.54, 1.807) is 17.0 Å². The number of nitrogens with two attached hydrogens (primary N) is 2. The minimum absolute atomic E-state index is 0.0275. The zero-order valence-corrected chi connectivity index (χ0v) is 21.1. The summed E-state index contributed by atoms with van der Waals surface area (Å²) >= 11 is 0. The van der Waals surface area contributed by atoms with Gasteiger partial charge in [-0.15, -0.1) is 0 Å². The molecule has 0 bridgehead atoms. The molecule has 1 saturated carbocycles. The normalized spacial score (nSPS) is 19.5. The van der Waals surface area contributed by atoms with E-state index >= 15 is 0 Å². The summed E-state index contributed by atoms with van der Waals surface area (Å²) in [5.74, 6) is -0.645. The van der Waals surface area contributed by atoms with Crippen LogP contribution in [0.25, 0.3) is 10.9 Å². The Bertz CT molecular complexity index is 1350. The highest BCUT2D eigenvalue weighted by Crippen LogP contribution is 2.28. The molecule has 2 aromatic heterocycles. The Balaban J connectivity index is 1.31. The van der Waals surface area contributed by atoms with Gasteiger partial charge >= 0.3 is 0 Å². The predicted molar refractivity (Wildman–Crippen MR) is 143 cm³/mol. The molecule has 200 valence electrons. The molecule has 2 atom stereocenters. The number of carbonyl (C=O) groups excluding carboxylic acids is 2. The molecule has 5 rings (SSSR count). The summed E-state index contributed by atoms with van der Waals surface area (Å²) in [5, 5.41) is 7.04. The van der Waals surface area contributed by atoms with Crippen molar-refractivity contribution in [2.24, 2.45) is 11.5 Å². The number of ether oxygens (including phenoxy) is 1. The zero-order chi connectivity index (χ0) is 26.6. The first-order valence-electron chi connectivity index (χ1n) is 13.0. The Morgan fingerprint density at radius 1 is 1.11 bits per heavy atom. The number of nitrogens with zero attached hydrogens (tertiary/aromatic N) is 3. The Morgan fingerprint density at radius 3 is 2.71 bits per heavy atom. The molecule has 1 saturated heterocycles. The number of likely N-dealkylation sites (tertiary alicyclic amines) is 1. The third-order valence-corrected chi connectivity index (χ3v) is 7.09. The van der Waals surface area contributed by atoms with Gasteiger partial charge < -0.3 is 31.7 Å². The lowest BCUT2D eigenvalue weighted by Crippen LogP contribution is -2.43. The lowest BCUT2D eigenvalue weighted by Gasteiger charge is -2.30. The van der Waals surface area contributed by atoms with E-state index in [2.05, 4.69) is 20.6 Å². The minimum atomic E-state index is -0.792. The molecule has 2 fully saturated rings. The Kier molecular flexibility index (Phi) is 7.54. The molecule has 0 spiro atoms. The van der Waals surface area contributed by atoms with Crippen molar-refractivity contribution in [2.45, 2.75) is 50.6 Å². The van der Waals surface area contributed by atoms with Gasteiger partial charge in [0, 0.05) is 42.2 Å². The van der Waals surface area contributed by atoms with E-state index < -0.39 is 11.7 Å². The number of primary amides is 1. The smallest absolute Gasteiger partial charge is 0.252 e. The quantitative estimate of drug-likeness (QED) is 0.335. The fraction of sp³-hybridized carbons (Fsp3) is 0.407. The van der Waals surface area contributed by atoms with Crippen molar-refractivity contribution >= 4 is 40.0 Å². The molecule has 38 heavy (non-hydrogen) atoms. The summed E-state index contributed by atoms with van der Waals surface area (Å²) in [6.45, 7) is 1.69. The molecule has 6 N–H and O–H groups in total. The molecule has 11 heteroatoms. The van der Waals surface area contributed by atoms with Crippen LogP contribution in [0.3, 0.4) is 0 Å². The zero-order valence-electron chi connectivity index (χ0n) is 21.1. The van der Waals surface area contributed by atoms with E-state index in [-0.39, 0.29) is 35.2 Å². The Labute approximate surface area is 219 Å². The van der Waals surface area contributed by atoms with Gasteiger partial charge in [-0.2, -0.15) is 0 Å². The van der Waals surface area contributed by atoms with Crippen molar-refractivity contribution < 1.29 is 18.7 Å². The SMILES string of the molecule is NC(=O)c1cc(F)c(N[C@@H]2CCCC[C@@H]2N)nc1Nc1ccc2nc(OCCN3CCCC3=O)ccc2c1. The van der Waals surface area contributed by atoms with E-state index in [1.165, 1.54) is 0 Å². The molecule has 10 nitrogen and oxygen atoms in total. The van der Waals surface area contributed by atoms with Crippen LogP contribution in [0.2, 0.25) is 0 Å². The molecular formula is C27H32FN7O3. The Morgan fingerprint density at radius 2 is 1.95 bits per heavy atom. The monoisotopic (exact) mass is 521 g/mol. The number of benzene rings is 1. The van der Waals surface area contributed by atoms with E-state index in [4.69, 9.17) is 16.2 Å². The van der Waals surface area contributed by atoms with Crippen LogP contribution in [0.15, 0.2) is 36.4 Å². The second-order valence-corrected chi connectivity index (χ2v) is 9.79. The summed E-state index contributed by atoms with van der Waals surface area (Å²) in [6.07, 6.45) is 5.23. The summed E-state index contributed by atoms with van der Waals surface area (Å²) < 4.78 is 20.6. The van der Waals surface area contributed by atoms with Crippen LogP contribution in [-0.2, 0) is 4.79 Å². The van der Waals surface area contributed by atoms with Crippen LogP contribution in [0.1, 0.15) is 48.9 Å². The maximum absolute atomic E-state index is 14.8. The number of halogens is 1. The number of amides is 2. The number of fused-ring (bicyclic) bond motifs is 1. The third-order valence-electron chi connectivity index (χ3n) is 7.09. The first-order chi connectivity index (χ1) is 18.4. The molecule has 0 unspecified atom stereocenters. The highest BCUT2D eigenvalue weighted by Gasteiger charge is 2.24. The second-order valence-electron chi connectivity index (χ2n) is 9.79. The lowest BCUT2D eigenvalue weighted by atomic mass is 9.91. The molecule has 1 aliphatic carbocycles. The van der Waals surface area contributed by atoms with Crippen molar-refractivity contribution in [2.75, 3.05) is 30.3 Å². The Hall–Kier alpha value is -3.99. The lowest BCUT2D eigenvalue weighted by molar-refractivity contribution is -0.128. The van der Waals surface area contributed by atoms with E-state index in [0.717, 1.165) is 50.1 Å². The van der Waals surface area contributed by atoms with Gasteiger partial charge in [-0.05, 0) is 49.6 Å². The fourth-order valence-corrected chi connectivity index (χ4v) is 4.99. The molecule has 3 heterocycles. The van der Waals surface area contributed by atoms with Crippen molar-refractivity contribution in [3.63, 3.8) is 0 Å². The van der Waals surface area contributed by atoms with E-state index in [0.29, 0.717) is 36.7 Å². The number of carbonyl (C=O) groups is 2. The van der Waals surface area contributed by atoms with E-state index in [9.17, 15) is 14.0 Å². The third kappa shape index (κ3) is 5.77. The first-order valence-corrected chi connectivity index (χ1v) is 13.0. The van der Waals surface area contributed by atoms with Crippen molar-refractivity contribution in [1.82, 2.24) is 14.9 Å². The maximum Gasteiger partial charge on any atom is 0.252 e. The molecular weight excluding hydrogens is 489 g/mol. The number of nitrogens with one attached hydrogen (secondary N) is 2. The average molecular weight is 522 g/mol.